The van der Waals surface area contributed by atoms with Gasteiger partial charge in [0.15, 0.2) is 0 Å². The van der Waals surface area contributed by atoms with Crippen LogP contribution in [-0.2, 0) is 4.79 Å². The van der Waals surface area contributed by atoms with Crippen molar-refractivity contribution in [3.8, 4) is 0 Å². The molecule has 1 heterocycles. The Hall–Kier alpha value is -1.91. The first kappa shape index (κ1) is 16.0. The lowest BCUT2D eigenvalue weighted by molar-refractivity contribution is -0.133. The number of nitrogens with zero attached hydrogens (tertiary/aromatic N) is 2. The van der Waals surface area contributed by atoms with E-state index in [0.29, 0.717) is 6.54 Å². The maximum absolute atomic E-state index is 12.4. The van der Waals surface area contributed by atoms with Crippen LogP contribution in [0.1, 0.15) is 18.5 Å². The molecular formula is C19H25N3O. The van der Waals surface area contributed by atoms with Gasteiger partial charge < -0.3 is 10.2 Å². The van der Waals surface area contributed by atoms with Crippen LogP contribution >= 0.6 is 0 Å². The lowest BCUT2D eigenvalue weighted by Gasteiger charge is -2.31. The second-order valence-electron chi connectivity index (χ2n) is 6.33. The van der Waals surface area contributed by atoms with Gasteiger partial charge in [0.2, 0.25) is 5.91 Å². The highest BCUT2D eigenvalue weighted by molar-refractivity contribution is 5.83. The average molecular weight is 311 g/mol. The van der Waals surface area contributed by atoms with E-state index in [1.54, 1.807) is 0 Å². The first-order chi connectivity index (χ1) is 11.1. The molecule has 1 unspecified atom stereocenters. The summed E-state index contributed by atoms with van der Waals surface area (Å²) in [5.74, 6) is 0.224. The highest BCUT2D eigenvalue weighted by Gasteiger charge is 2.20. The van der Waals surface area contributed by atoms with Crippen LogP contribution in [0.3, 0.4) is 0 Å². The van der Waals surface area contributed by atoms with Crippen molar-refractivity contribution in [1.82, 2.24) is 15.1 Å². The fourth-order valence-electron chi connectivity index (χ4n) is 3.09. The number of hydrogen-bond donors (Lipinski definition) is 1. The molecule has 0 aliphatic carbocycles. The molecule has 1 amide bonds. The maximum Gasteiger partial charge on any atom is 0.236 e. The van der Waals surface area contributed by atoms with Crippen molar-refractivity contribution < 1.29 is 4.79 Å². The van der Waals surface area contributed by atoms with Crippen molar-refractivity contribution in [2.45, 2.75) is 13.0 Å². The molecule has 3 rings (SSSR count). The number of likely N-dealkylation sites (N-methyl/N-ethyl adjacent to an activating group) is 1. The molecule has 1 atom stereocenters. The second kappa shape index (κ2) is 7.11. The van der Waals surface area contributed by atoms with Gasteiger partial charge in [-0.15, -0.1) is 0 Å². The summed E-state index contributed by atoms with van der Waals surface area (Å²) >= 11 is 0. The SMILES string of the molecule is CC(c1ccc2ccccc2c1)N(C)CC(=O)N1CCNCC1. The highest BCUT2D eigenvalue weighted by atomic mass is 16.2. The summed E-state index contributed by atoms with van der Waals surface area (Å²) in [5.41, 5.74) is 1.25. The number of carbonyl (C=O) groups excluding carboxylic acids is 1. The first-order valence-electron chi connectivity index (χ1n) is 8.32. The van der Waals surface area contributed by atoms with E-state index >= 15 is 0 Å². The molecule has 0 aromatic heterocycles. The smallest absolute Gasteiger partial charge is 0.236 e. The maximum atomic E-state index is 12.4. The number of benzene rings is 2. The Morgan fingerprint density at radius 1 is 1.17 bits per heavy atom. The minimum Gasteiger partial charge on any atom is -0.339 e. The summed E-state index contributed by atoms with van der Waals surface area (Å²) < 4.78 is 0. The van der Waals surface area contributed by atoms with Crippen molar-refractivity contribution in [2.24, 2.45) is 0 Å². The third-order valence-corrected chi connectivity index (χ3v) is 4.77. The van der Waals surface area contributed by atoms with Gasteiger partial charge in [-0.05, 0) is 36.4 Å². The number of fused-ring (bicyclic) bond motifs is 1. The molecule has 1 fully saturated rings. The predicted molar refractivity (Wildman–Crippen MR) is 94.4 cm³/mol. The van der Waals surface area contributed by atoms with Crippen LogP contribution in [0, 0.1) is 0 Å². The number of piperazine rings is 1. The Balaban J connectivity index is 1.67. The van der Waals surface area contributed by atoms with E-state index < -0.39 is 0 Å². The molecule has 1 saturated heterocycles. The van der Waals surface area contributed by atoms with E-state index in [1.807, 2.05) is 11.9 Å². The molecule has 23 heavy (non-hydrogen) atoms. The third-order valence-electron chi connectivity index (χ3n) is 4.77. The minimum atomic E-state index is 0.214. The quantitative estimate of drug-likeness (QED) is 0.941. The number of rotatable bonds is 4. The zero-order valence-electron chi connectivity index (χ0n) is 14.0. The van der Waals surface area contributed by atoms with Gasteiger partial charge in [0.25, 0.3) is 0 Å². The van der Waals surface area contributed by atoms with Crippen molar-refractivity contribution in [3.63, 3.8) is 0 Å². The molecule has 122 valence electrons. The number of nitrogens with one attached hydrogen (secondary N) is 1. The van der Waals surface area contributed by atoms with E-state index in [-0.39, 0.29) is 11.9 Å². The van der Waals surface area contributed by atoms with Crippen LogP contribution in [0.15, 0.2) is 42.5 Å². The average Bonchev–Trinajstić information content (AvgIpc) is 2.61. The highest BCUT2D eigenvalue weighted by Crippen LogP contribution is 2.23. The topological polar surface area (TPSA) is 35.6 Å². The first-order valence-corrected chi connectivity index (χ1v) is 8.32. The summed E-state index contributed by atoms with van der Waals surface area (Å²) in [7, 11) is 2.03. The van der Waals surface area contributed by atoms with Crippen LogP contribution in [0.4, 0.5) is 0 Å². The number of hydrogen-bond acceptors (Lipinski definition) is 3. The molecule has 4 nitrogen and oxygen atoms in total. The van der Waals surface area contributed by atoms with E-state index in [9.17, 15) is 4.79 Å². The monoisotopic (exact) mass is 311 g/mol. The summed E-state index contributed by atoms with van der Waals surface area (Å²) in [4.78, 5) is 16.5. The van der Waals surface area contributed by atoms with E-state index in [4.69, 9.17) is 0 Å². The third kappa shape index (κ3) is 3.71. The number of amides is 1. The van der Waals surface area contributed by atoms with Crippen molar-refractivity contribution >= 4 is 16.7 Å². The van der Waals surface area contributed by atoms with Gasteiger partial charge in [0.05, 0.1) is 6.54 Å². The van der Waals surface area contributed by atoms with Gasteiger partial charge in [-0.3, -0.25) is 9.69 Å². The van der Waals surface area contributed by atoms with Gasteiger partial charge in [0.1, 0.15) is 0 Å². The number of carbonyl (C=O) groups is 1. The summed E-state index contributed by atoms with van der Waals surface area (Å²) in [6, 6.07) is 15.2. The molecule has 4 heteroatoms. The Kier molecular flexibility index (Phi) is 4.94. The van der Waals surface area contributed by atoms with Crippen LogP contribution in [0.25, 0.3) is 10.8 Å². The lowest BCUT2D eigenvalue weighted by atomic mass is 10.0. The Morgan fingerprint density at radius 2 is 1.87 bits per heavy atom. The molecule has 0 saturated carbocycles. The van der Waals surface area contributed by atoms with Crippen molar-refractivity contribution in [2.75, 3.05) is 39.8 Å². The minimum absolute atomic E-state index is 0.214. The summed E-state index contributed by atoms with van der Waals surface area (Å²) in [6.45, 7) is 6.06. The van der Waals surface area contributed by atoms with E-state index in [1.165, 1.54) is 16.3 Å². The van der Waals surface area contributed by atoms with Gasteiger partial charge in [-0.2, -0.15) is 0 Å². The largest absolute Gasteiger partial charge is 0.339 e. The molecule has 0 spiro atoms. The molecule has 2 aromatic carbocycles. The van der Waals surface area contributed by atoms with Crippen LogP contribution in [0.5, 0.6) is 0 Å². The molecule has 2 aromatic rings. The Labute approximate surface area is 138 Å². The predicted octanol–water partition coefficient (Wildman–Crippen LogP) is 2.26. The van der Waals surface area contributed by atoms with E-state index in [2.05, 4.69) is 59.6 Å². The molecule has 0 bridgehead atoms. The lowest BCUT2D eigenvalue weighted by Crippen LogP contribution is -2.49. The fourth-order valence-corrected chi connectivity index (χ4v) is 3.09. The zero-order chi connectivity index (χ0) is 16.2. The molecule has 1 N–H and O–H groups in total. The summed E-state index contributed by atoms with van der Waals surface area (Å²) in [5, 5.41) is 5.78. The molecule has 1 aliphatic rings. The van der Waals surface area contributed by atoms with Gasteiger partial charge in [-0.1, -0.05) is 36.4 Å². The van der Waals surface area contributed by atoms with Crippen molar-refractivity contribution in [3.05, 3.63) is 48.0 Å². The standard InChI is InChI=1S/C19H25N3O/c1-15(17-8-7-16-5-3-4-6-18(16)13-17)21(2)14-19(23)22-11-9-20-10-12-22/h3-8,13,15,20H,9-12,14H2,1-2H3. The van der Waals surface area contributed by atoms with Crippen LogP contribution in [-0.4, -0.2) is 55.5 Å². The van der Waals surface area contributed by atoms with Gasteiger partial charge >= 0.3 is 0 Å². The normalized spacial score (nSPS) is 16.7. The van der Waals surface area contributed by atoms with Gasteiger partial charge in [0, 0.05) is 32.2 Å². The second-order valence-corrected chi connectivity index (χ2v) is 6.33. The van der Waals surface area contributed by atoms with Gasteiger partial charge in [-0.25, -0.2) is 0 Å². The summed E-state index contributed by atoms with van der Waals surface area (Å²) in [6.07, 6.45) is 0. The van der Waals surface area contributed by atoms with Crippen molar-refractivity contribution in [1.29, 1.82) is 0 Å². The fraction of sp³-hybridized carbons (Fsp3) is 0.421. The Bertz CT molecular complexity index is 679. The molecule has 0 radical (unpaired) electrons. The van der Waals surface area contributed by atoms with E-state index in [0.717, 1.165) is 26.2 Å². The van der Waals surface area contributed by atoms with Crippen LogP contribution in [0.2, 0.25) is 0 Å². The van der Waals surface area contributed by atoms with Crippen LogP contribution < -0.4 is 5.32 Å². The zero-order valence-corrected chi connectivity index (χ0v) is 14.0. The Morgan fingerprint density at radius 3 is 2.61 bits per heavy atom. The molecular weight excluding hydrogens is 286 g/mol. The molecule has 1 aliphatic heterocycles.